The van der Waals surface area contributed by atoms with Crippen LogP contribution in [-0.2, 0) is 6.18 Å². The van der Waals surface area contributed by atoms with Crippen molar-refractivity contribution in [2.24, 2.45) is 0 Å². The minimum Gasteiger partial charge on any atom is -0.491 e. The van der Waals surface area contributed by atoms with E-state index < -0.39 is 11.7 Å². The molecular formula is C21H20F3IN4O. The van der Waals surface area contributed by atoms with E-state index >= 15 is 0 Å². The average molecular weight is 528 g/mol. The Morgan fingerprint density at radius 1 is 1.03 bits per heavy atom. The standard InChI is InChI=1S/C21H20F3IN4O/c1-13(2)30-17-10-8-16(9-11-17)29(3)20-26-12-18(21(22,23)24)19(28-20)27-15-6-4-14(25)5-7-15/h4-13H,1-3H3,(H,26,27,28). The van der Waals surface area contributed by atoms with Gasteiger partial charge in [-0.15, -0.1) is 0 Å². The largest absolute Gasteiger partial charge is 0.491 e. The highest BCUT2D eigenvalue weighted by Gasteiger charge is 2.35. The van der Waals surface area contributed by atoms with Gasteiger partial charge in [0.2, 0.25) is 5.95 Å². The molecule has 2 aromatic carbocycles. The number of nitrogens with zero attached hydrogens (tertiary/aromatic N) is 3. The predicted octanol–water partition coefficient (Wildman–Crippen LogP) is 6.40. The zero-order valence-electron chi connectivity index (χ0n) is 16.5. The van der Waals surface area contributed by atoms with Gasteiger partial charge in [0.05, 0.1) is 6.10 Å². The molecule has 1 aromatic heterocycles. The van der Waals surface area contributed by atoms with Gasteiger partial charge >= 0.3 is 6.18 Å². The number of rotatable bonds is 6. The molecule has 158 valence electrons. The lowest BCUT2D eigenvalue weighted by atomic mass is 10.2. The number of aromatic nitrogens is 2. The lowest BCUT2D eigenvalue weighted by Gasteiger charge is -2.20. The van der Waals surface area contributed by atoms with Crippen molar-refractivity contribution in [2.75, 3.05) is 17.3 Å². The number of alkyl halides is 3. The van der Waals surface area contributed by atoms with E-state index in [2.05, 4.69) is 37.9 Å². The average Bonchev–Trinajstić information content (AvgIpc) is 2.68. The van der Waals surface area contributed by atoms with Gasteiger partial charge in [-0.1, -0.05) is 0 Å². The molecule has 30 heavy (non-hydrogen) atoms. The van der Waals surface area contributed by atoms with Gasteiger partial charge < -0.3 is 15.0 Å². The minimum atomic E-state index is -4.58. The molecule has 3 rings (SSSR count). The molecule has 0 aliphatic carbocycles. The smallest absolute Gasteiger partial charge is 0.421 e. The Hall–Kier alpha value is -2.56. The fourth-order valence-electron chi connectivity index (χ4n) is 2.64. The third kappa shape index (κ3) is 5.53. The maximum absolute atomic E-state index is 13.5. The van der Waals surface area contributed by atoms with E-state index in [0.29, 0.717) is 17.1 Å². The number of benzene rings is 2. The van der Waals surface area contributed by atoms with Crippen LogP contribution in [0.4, 0.5) is 36.3 Å². The molecule has 0 aliphatic rings. The topological polar surface area (TPSA) is 50.3 Å². The Balaban J connectivity index is 1.92. The summed E-state index contributed by atoms with van der Waals surface area (Å²) in [5.41, 5.74) is 0.286. The second-order valence-corrected chi connectivity index (χ2v) is 8.03. The molecule has 0 atom stereocenters. The molecule has 9 heteroatoms. The number of hydrogen-bond donors (Lipinski definition) is 1. The van der Waals surface area contributed by atoms with E-state index in [0.717, 1.165) is 9.77 Å². The van der Waals surface area contributed by atoms with Crippen LogP contribution in [0.15, 0.2) is 54.7 Å². The Labute approximate surface area is 186 Å². The molecule has 1 N–H and O–H groups in total. The van der Waals surface area contributed by atoms with Crippen LogP contribution in [0, 0.1) is 3.57 Å². The van der Waals surface area contributed by atoms with Crippen molar-refractivity contribution in [3.63, 3.8) is 0 Å². The van der Waals surface area contributed by atoms with Crippen molar-refractivity contribution in [3.8, 4) is 5.75 Å². The summed E-state index contributed by atoms with van der Waals surface area (Å²) in [5.74, 6) is 0.533. The molecular weight excluding hydrogens is 508 g/mol. The Bertz CT molecular complexity index is 993. The number of ether oxygens (including phenoxy) is 1. The molecule has 5 nitrogen and oxygen atoms in total. The first-order chi connectivity index (χ1) is 14.1. The van der Waals surface area contributed by atoms with Crippen molar-refractivity contribution in [1.82, 2.24) is 9.97 Å². The highest BCUT2D eigenvalue weighted by Crippen LogP contribution is 2.36. The molecule has 0 saturated carbocycles. The number of hydrogen-bond acceptors (Lipinski definition) is 5. The Kier molecular flexibility index (Phi) is 6.69. The molecule has 0 spiro atoms. The summed E-state index contributed by atoms with van der Waals surface area (Å²) >= 11 is 2.13. The SMILES string of the molecule is CC(C)Oc1ccc(N(C)c2ncc(C(F)(F)F)c(Nc3ccc(I)cc3)n2)cc1. The fourth-order valence-corrected chi connectivity index (χ4v) is 3.00. The molecule has 0 amide bonds. The van der Waals surface area contributed by atoms with Crippen LogP contribution in [-0.4, -0.2) is 23.1 Å². The highest BCUT2D eigenvalue weighted by atomic mass is 127. The van der Waals surface area contributed by atoms with Crippen molar-refractivity contribution in [3.05, 3.63) is 63.9 Å². The highest BCUT2D eigenvalue weighted by molar-refractivity contribution is 14.1. The second-order valence-electron chi connectivity index (χ2n) is 6.78. The first kappa shape index (κ1) is 22.1. The van der Waals surface area contributed by atoms with Gasteiger partial charge in [-0.2, -0.15) is 18.2 Å². The van der Waals surface area contributed by atoms with Crippen LogP contribution in [0.2, 0.25) is 0 Å². The first-order valence-electron chi connectivity index (χ1n) is 9.11. The molecule has 0 aliphatic heterocycles. The van der Waals surface area contributed by atoms with Crippen LogP contribution in [0.1, 0.15) is 19.4 Å². The lowest BCUT2D eigenvalue weighted by molar-refractivity contribution is -0.137. The Morgan fingerprint density at radius 2 is 1.67 bits per heavy atom. The van der Waals surface area contributed by atoms with E-state index in [1.807, 2.05) is 13.8 Å². The summed E-state index contributed by atoms with van der Waals surface area (Å²) in [4.78, 5) is 9.70. The zero-order valence-corrected chi connectivity index (χ0v) is 18.7. The summed E-state index contributed by atoms with van der Waals surface area (Å²) in [5, 5.41) is 2.76. The van der Waals surface area contributed by atoms with E-state index in [1.165, 1.54) is 0 Å². The number of halogens is 4. The molecule has 0 bridgehead atoms. The van der Waals surface area contributed by atoms with Crippen molar-refractivity contribution in [2.45, 2.75) is 26.1 Å². The van der Waals surface area contributed by atoms with E-state index in [1.54, 1.807) is 60.5 Å². The van der Waals surface area contributed by atoms with Gasteiger partial charge in [0.25, 0.3) is 0 Å². The quantitative estimate of drug-likeness (QED) is 0.376. The minimum absolute atomic E-state index is 0.0433. The van der Waals surface area contributed by atoms with Crippen LogP contribution < -0.4 is 15.0 Å². The van der Waals surface area contributed by atoms with Gasteiger partial charge in [-0.25, -0.2) is 4.98 Å². The van der Waals surface area contributed by atoms with E-state index in [9.17, 15) is 13.2 Å². The third-order valence-electron chi connectivity index (χ3n) is 4.08. The van der Waals surface area contributed by atoms with Gasteiger partial charge in [0, 0.05) is 28.2 Å². The maximum atomic E-state index is 13.5. The van der Waals surface area contributed by atoms with Crippen molar-refractivity contribution < 1.29 is 17.9 Å². The normalized spacial score (nSPS) is 11.5. The maximum Gasteiger partial charge on any atom is 0.421 e. The fraction of sp³-hybridized carbons (Fsp3) is 0.238. The molecule has 0 fully saturated rings. The van der Waals surface area contributed by atoms with Crippen LogP contribution in [0.5, 0.6) is 5.75 Å². The van der Waals surface area contributed by atoms with Crippen molar-refractivity contribution >= 4 is 45.7 Å². The van der Waals surface area contributed by atoms with Crippen LogP contribution in [0.3, 0.4) is 0 Å². The zero-order chi connectivity index (χ0) is 21.9. The van der Waals surface area contributed by atoms with E-state index in [4.69, 9.17) is 4.74 Å². The number of nitrogens with one attached hydrogen (secondary N) is 1. The second kappa shape index (κ2) is 9.07. The molecule has 0 radical (unpaired) electrons. The van der Waals surface area contributed by atoms with Gasteiger partial charge in [-0.05, 0) is 85.0 Å². The number of anilines is 4. The third-order valence-corrected chi connectivity index (χ3v) is 4.80. The summed E-state index contributed by atoms with van der Waals surface area (Å²) in [6.45, 7) is 3.86. The Morgan fingerprint density at radius 3 is 2.23 bits per heavy atom. The predicted molar refractivity (Wildman–Crippen MR) is 120 cm³/mol. The lowest BCUT2D eigenvalue weighted by Crippen LogP contribution is -2.17. The summed E-state index contributed by atoms with van der Waals surface area (Å²) in [7, 11) is 1.69. The van der Waals surface area contributed by atoms with Gasteiger partial charge in [0.15, 0.2) is 0 Å². The summed E-state index contributed by atoms with van der Waals surface area (Å²) in [6, 6.07) is 14.2. The molecule has 1 heterocycles. The van der Waals surface area contributed by atoms with Crippen molar-refractivity contribution in [1.29, 1.82) is 0 Å². The molecule has 3 aromatic rings. The van der Waals surface area contributed by atoms with Gasteiger partial charge in [-0.3, -0.25) is 0 Å². The summed E-state index contributed by atoms with van der Waals surface area (Å²) < 4.78 is 47.0. The van der Waals surface area contributed by atoms with E-state index in [-0.39, 0.29) is 17.9 Å². The first-order valence-corrected chi connectivity index (χ1v) is 10.2. The van der Waals surface area contributed by atoms with Gasteiger partial charge in [0.1, 0.15) is 17.1 Å². The molecule has 0 unspecified atom stereocenters. The monoisotopic (exact) mass is 528 g/mol. The molecule has 0 saturated heterocycles. The van der Waals surface area contributed by atoms with Crippen LogP contribution in [0.25, 0.3) is 0 Å². The summed E-state index contributed by atoms with van der Waals surface area (Å²) in [6.07, 6.45) is -3.75. The van der Waals surface area contributed by atoms with Crippen LogP contribution >= 0.6 is 22.6 Å².